The number of fused-ring (bicyclic) bond motifs is 2. The summed E-state index contributed by atoms with van der Waals surface area (Å²) in [4.78, 5) is 53.3. The summed E-state index contributed by atoms with van der Waals surface area (Å²) in [6.07, 6.45) is 17.3. The van der Waals surface area contributed by atoms with Gasteiger partial charge in [-0.1, -0.05) is 62.8 Å². The minimum Gasteiger partial charge on any atom is -0.484 e. The van der Waals surface area contributed by atoms with Crippen LogP contribution in [0.2, 0.25) is 0 Å². The van der Waals surface area contributed by atoms with Crippen LogP contribution in [0.5, 0.6) is 11.5 Å². The van der Waals surface area contributed by atoms with Crippen LogP contribution in [-0.4, -0.2) is 117 Å². The molecule has 5 aliphatic rings. The van der Waals surface area contributed by atoms with E-state index in [1.54, 1.807) is 30.3 Å². The third-order valence-corrected chi connectivity index (χ3v) is 17.8. The Morgan fingerprint density at radius 3 is 1.56 bits per heavy atom. The average molecular weight is 1250 g/mol. The van der Waals surface area contributed by atoms with Crippen LogP contribution in [0.1, 0.15) is 174 Å². The topological polar surface area (TPSA) is 244 Å². The van der Waals surface area contributed by atoms with E-state index >= 15 is 0 Å². The first-order chi connectivity index (χ1) is 41.5. The Hall–Kier alpha value is -6.40. The van der Waals surface area contributed by atoms with E-state index in [-0.39, 0.29) is 61.2 Å². The molecule has 2 atom stereocenters. The number of nitrogens with one attached hydrogen (secondary N) is 2. The number of aromatic amines is 2. The number of nitrogens with zero attached hydrogens (tertiary/aromatic N) is 2. The first kappa shape index (κ1) is 64.1. The van der Waals surface area contributed by atoms with Gasteiger partial charge in [0.1, 0.15) is 13.2 Å². The molecule has 2 N–H and O–H groups in total. The Bertz CT molecular complexity index is 3290. The van der Waals surface area contributed by atoms with Gasteiger partial charge in [0.05, 0.1) is 69.8 Å². The molecule has 0 radical (unpaired) electrons. The highest BCUT2D eigenvalue weighted by molar-refractivity contribution is 9.10. The number of aromatic nitrogens is 2. The summed E-state index contributed by atoms with van der Waals surface area (Å²) in [6.45, 7) is 10.7. The molecule has 6 aromatic rings. The van der Waals surface area contributed by atoms with Crippen molar-refractivity contribution in [1.82, 2.24) is 9.97 Å². The fraction of sp³-hybridized carbons (Fsp3) is 0.531. The molecule has 3 aliphatic heterocycles. The summed E-state index contributed by atoms with van der Waals surface area (Å²) in [6, 6.07) is 21.0. The highest BCUT2D eigenvalue weighted by Crippen LogP contribution is 2.47. The van der Waals surface area contributed by atoms with Gasteiger partial charge in [-0.2, -0.15) is 0 Å². The van der Waals surface area contributed by atoms with Crippen LogP contribution in [-0.2, 0) is 37.7 Å². The molecule has 0 spiro atoms. The molecule has 5 fully saturated rings. The molecule has 0 amide bonds. The molecule has 11 rings (SSSR count). The predicted molar refractivity (Wildman–Crippen MR) is 330 cm³/mol. The van der Waals surface area contributed by atoms with E-state index in [1.165, 1.54) is 70.4 Å². The number of rotatable bonds is 18. The second-order valence-corrected chi connectivity index (χ2v) is 24.3. The van der Waals surface area contributed by atoms with Crippen molar-refractivity contribution in [2.45, 2.75) is 166 Å². The van der Waals surface area contributed by atoms with E-state index in [2.05, 4.69) is 53.6 Å². The Labute approximate surface area is 510 Å². The molecule has 4 aromatic carbocycles. The number of carbonyl (C=O) groups is 2. The maximum Gasteiger partial charge on any atom is 0.512 e. The van der Waals surface area contributed by atoms with Crippen molar-refractivity contribution in [3.05, 3.63) is 120 Å². The smallest absolute Gasteiger partial charge is 0.484 e. The number of para-hydroxylation sites is 2. The lowest BCUT2D eigenvalue weighted by Gasteiger charge is -2.32. The molecule has 0 bridgehead atoms. The van der Waals surface area contributed by atoms with Crippen molar-refractivity contribution >= 4 is 73.8 Å². The predicted octanol–water partition coefficient (Wildman–Crippen LogP) is 14.1. The molecule has 3 saturated heterocycles. The van der Waals surface area contributed by atoms with Crippen molar-refractivity contribution in [2.24, 2.45) is 0 Å². The van der Waals surface area contributed by atoms with Crippen molar-refractivity contribution < 1.29 is 66.6 Å². The van der Waals surface area contributed by atoms with Gasteiger partial charge in [0.2, 0.25) is 11.5 Å². The van der Waals surface area contributed by atoms with Crippen molar-refractivity contribution in [3.8, 4) is 22.8 Å². The SMILES string of the molecule is COC(=O)c1ccc2c(C3CCCCC3)c(-c3cccc([N+](=O)[O-])c3OCCOC3CCCCO3)[nH]c2c1.COC(=O)c1ccc2c(C3CCCCC3)c(B3OC(C)(C)C(C)(C)O3)[nH]c2c1.O=[N+]([O-])c1cccc(Br)c1OCCOC1CCCCO1. The lowest BCUT2D eigenvalue weighted by molar-refractivity contribution is -0.386. The first-order valence-corrected chi connectivity index (χ1v) is 31.0. The molecular formula is C64H80BBrN4O16. The van der Waals surface area contributed by atoms with Gasteiger partial charge in [0.15, 0.2) is 12.6 Å². The van der Waals surface area contributed by atoms with Crippen LogP contribution >= 0.6 is 15.9 Å². The summed E-state index contributed by atoms with van der Waals surface area (Å²) >= 11 is 3.25. The third kappa shape index (κ3) is 15.3. The molecule has 5 heterocycles. The fourth-order valence-corrected chi connectivity index (χ4v) is 12.6. The Morgan fingerprint density at radius 1 is 0.593 bits per heavy atom. The van der Waals surface area contributed by atoms with Gasteiger partial charge >= 0.3 is 30.4 Å². The molecule has 20 nitrogen and oxygen atoms in total. The summed E-state index contributed by atoms with van der Waals surface area (Å²) in [5.41, 5.74) is 6.62. The molecular weight excluding hydrogens is 1170 g/mol. The van der Waals surface area contributed by atoms with Crippen molar-refractivity contribution in [3.63, 3.8) is 0 Å². The highest BCUT2D eigenvalue weighted by Gasteiger charge is 2.53. The lowest BCUT2D eigenvalue weighted by Crippen LogP contribution is -2.41. The zero-order valence-electron chi connectivity index (χ0n) is 50.2. The maximum absolute atomic E-state index is 12.2. The maximum atomic E-state index is 12.2. The zero-order valence-corrected chi connectivity index (χ0v) is 51.8. The molecule has 86 heavy (non-hydrogen) atoms. The standard InChI is InChI=1S/C29H34N2O7.C22H30BNO4.C13H16BrNO5/c1-35-29(32)20-13-14-21-23(18-20)30-27(26(21)19-8-3-2-4-9-19)22-10-7-11-24(31(33)34)28(22)38-17-16-37-25-12-5-6-15-36-25;1-21(2)22(3,4)28-23(27-21)19-18(14-9-7-6-8-10-14)16-12-11-15(20(25)26-5)13-17(16)24-19;14-10-4-3-5-11(15(16)17)13(10)20-9-8-19-12-6-1-2-7-18-12/h7,10-11,13-14,18-19,25,30H,2-6,8-9,12,15-17H2,1H3;11-14,24H,6-10H2,1-5H3;3-5,12H,1-2,6-9H2. The molecule has 22 heteroatoms. The van der Waals surface area contributed by atoms with Crippen LogP contribution in [0.4, 0.5) is 11.4 Å². The number of nitro groups is 2. The van der Waals surface area contributed by atoms with Gasteiger partial charge in [-0.3, -0.25) is 20.2 Å². The number of nitro benzene ring substituents is 2. The molecule has 2 aromatic heterocycles. The van der Waals surface area contributed by atoms with Gasteiger partial charge < -0.3 is 57.2 Å². The minimum atomic E-state index is -0.467. The number of methoxy groups -OCH3 is 2. The number of esters is 2. The normalized spacial score (nSPS) is 19.6. The van der Waals surface area contributed by atoms with Gasteiger partial charge in [-0.15, -0.1) is 0 Å². The summed E-state index contributed by atoms with van der Waals surface area (Å²) in [5, 5.41) is 25.1. The number of hydrogen-bond acceptors (Lipinski definition) is 16. The number of carbonyl (C=O) groups excluding carboxylic acids is 2. The summed E-state index contributed by atoms with van der Waals surface area (Å²) in [5.74, 6) is 0.487. The number of ether oxygens (including phenoxy) is 8. The minimum absolute atomic E-state index is 0.0618. The van der Waals surface area contributed by atoms with Crippen LogP contribution in [0.3, 0.4) is 0 Å². The van der Waals surface area contributed by atoms with Crippen molar-refractivity contribution in [2.75, 3.05) is 53.9 Å². The monoisotopic (exact) mass is 1250 g/mol. The van der Waals surface area contributed by atoms with E-state index in [1.807, 2.05) is 30.3 Å². The van der Waals surface area contributed by atoms with E-state index in [0.29, 0.717) is 46.2 Å². The quantitative estimate of drug-likeness (QED) is 0.0267. The van der Waals surface area contributed by atoms with Gasteiger partial charge in [0.25, 0.3) is 0 Å². The number of hydrogen-bond donors (Lipinski definition) is 2. The van der Waals surface area contributed by atoms with Gasteiger partial charge in [0, 0.05) is 58.3 Å². The summed E-state index contributed by atoms with van der Waals surface area (Å²) in [7, 11) is 2.33. The summed E-state index contributed by atoms with van der Waals surface area (Å²) < 4.78 is 57.0. The lowest BCUT2D eigenvalue weighted by atomic mass is 9.74. The zero-order chi connectivity index (χ0) is 61.0. The number of H-pyrrole nitrogens is 2. The van der Waals surface area contributed by atoms with E-state index < -0.39 is 34.1 Å². The second kappa shape index (κ2) is 29.5. The molecule has 2 saturated carbocycles. The van der Waals surface area contributed by atoms with Gasteiger partial charge in [-0.25, -0.2) is 9.59 Å². The van der Waals surface area contributed by atoms with Crippen LogP contribution in [0.25, 0.3) is 33.1 Å². The molecule has 2 aliphatic carbocycles. The Balaban J connectivity index is 0.000000162. The largest absolute Gasteiger partial charge is 0.512 e. The first-order valence-electron chi connectivity index (χ1n) is 30.2. The third-order valence-electron chi connectivity index (χ3n) is 17.2. The fourth-order valence-electron chi connectivity index (χ4n) is 12.1. The Morgan fingerprint density at radius 2 is 1.06 bits per heavy atom. The number of benzene rings is 4. The van der Waals surface area contributed by atoms with E-state index in [9.17, 15) is 29.8 Å². The van der Waals surface area contributed by atoms with E-state index in [0.717, 1.165) is 109 Å². The van der Waals surface area contributed by atoms with Crippen molar-refractivity contribution in [1.29, 1.82) is 0 Å². The van der Waals surface area contributed by atoms with Crippen LogP contribution in [0, 0.1) is 20.2 Å². The van der Waals surface area contributed by atoms with Gasteiger partial charge in [-0.05, 0) is 167 Å². The average Bonchev–Trinajstić information content (AvgIpc) is 2.09. The van der Waals surface area contributed by atoms with E-state index in [4.69, 9.17) is 47.2 Å². The second-order valence-electron chi connectivity index (χ2n) is 23.4. The highest BCUT2D eigenvalue weighted by atomic mass is 79.9. The van der Waals surface area contributed by atoms with Crippen LogP contribution in [0.15, 0.2) is 77.3 Å². The number of halogens is 1. The Kier molecular flexibility index (Phi) is 22.0. The van der Waals surface area contributed by atoms with Crippen LogP contribution < -0.4 is 15.1 Å². The molecule has 2 unspecified atom stereocenters. The molecule has 462 valence electrons.